The molecule has 9 heteroatoms. The average molecular weight is 429 g/mol. The first-order valence-electron chi connectivity index (χ1n) is 9.43. The molecule has 0 saturated heterocycles. The van der Waals surface area contributed by atoms with Gasteiger partial charge in [-0.05, 0) is 57.2 Å². The van der Waals surface area contributed by atoms with Crippen molar-refractivity contribution >= 4 is 38.8 Å². The van der Waals surface area contributed by atoms with Gasteiger partial charge in [0.05, 0.1) is 22.6 Å². The molecule has 2 aromatic carbocycles. The highest BCUT2D eigenvalue weighted by molar-refractivity contribution is 7.89. The van der Waals surface area contributed by atoms with Gasteiger partial charge in [0.1, 0.15) is 0 Å². The third-order valence-electron chi connectivity index (χ3n) is 4.23. The van der Waals surface area contributed by atoms with Gasteiger partial charge in [0, 0.05) is 29.2 Å². The van der Waals surface area contributed by atoms with Gasteiger partial charge < -0.3 is 15.4 Å². The van der Waals surface area contributed by atoms with Crippen LogP contribution in [0, 0.1) is 0 Å². The summed E-state index contributed by atoms with van der Waals surface area (Å²) < 4.78 is 32.5. The van der Waals surface area contributed by atoms with Gasteiger partial charge in [0.2, 0.25) is 10.0 Å². The number of carbonyl (C=O) groups excluding carboxylic acids is 2. The fraction of sp³-hybridized carbons (Fsp3) is 0.238. The predicted molar refractivity (Wildman–Crippen MR) is 115 cm³/mol. The molecule has 1 heterocycles. The van der Waals surface area contributed by atoms with Crippen LogP contribution in [0.5, 0.6) is 0 Å². The number of anilines is 2. The molecule has 3 N–H and O–H groups in total. The number of amides is 1. The van der Waals surface area contributed by atoms with Crippen molar-refractivity contribution in [3.8, 4) is 0 Å². The van der Waals surface area contributed by atoms with Crippen LogP contribution < -0.4 is 15.4 Å². The second-order valence-electron chi connectivity index (χ2n) is 6.94. The lowest BCUT2D eigenvalue weighted by molar-refractivity contribution is -0.110. The predicted octanol–water partition coefficient (Wildman–Crippen LogP) is 2.96. The number of esters is 1. The number of benzene rings is 2. The van der Waals surface area contributed by atoms with Crippen molar-refractivity contribution in [1.29, 1.82) is 0 Å². The third-order valence-corrected chi connectivity index (χ3v) is 5.89. The van der Waals surface area contributed by atoms with Crippen molar-refractivity contribution in [3.63, 3.8) is 0 Å². The van der Waals surface area contributed by atoms with E-state index in [0.717, 1.165) is 0 Å². The Labute approximate surface area is 175 Å². The van der Waals surface area contributed by atoms with Gasteiger partial charge in [0.15, 0.2) is 0 Å². The maximum Gasteiger partial charge on any atom is 0.338 e. The van der Waals surface area contributed by atoms with E-state index in [1.54, 1.807) is 51.1 Å². The van der Waals surface area contributed by atoms with E-state index in [1.165, 1.54) is 18.3 Å². The van der Waals surface area contributed by atoms with Crippen molar-refractivity contribution in [2.45, 2.75) is 31.7 Å². The molecule has 158 valence electrons. The summed E-state index contributed by atoms with van der Waals surface area (Å²) >= 11 is 0. The van der Waals surface area contributed by atoms with Crippen LogP contribution in [0.3, 0.4) is 0 Å². The van der Waals surface area contributed by atoms with Gasteiger partial charge in [-0.25, -0.2) is 17.9 Å². The first kappa shape index (κ1) is 21.5. The Kier molecular flexibility index (Phi) is 6.23. The minimum Gasteiger partial charge on any atom is -0.462 e. The summed E-state index contributed by atoms with van der Waals surface area (Å²) in [7, 11) is -3.70. The molecular weight excluding hydrogens is 406 g/mol. The number of hydrogen-bond acceptors (Lipinski definition) is 6. The van der Waals surface area contributed by atoms with Gasteiger partial charge in [-0.2, -0.15) is 0 Å². The lowest BCUT2D eigenvalue weighted by Crippen LogP contribution is -2.30. The van der Waals surface area contributed by atoms with Crippen molar-refractivity contribution in [2.24, 2.45) is 0 Å². The van der Waals surface area contributed by atoms with E-state index in [0.29, 0.717) is 22.5 Å². The van der Waals surface area contributed by atoms with E-state index in [2.05, 4.69) is 15.4 Å². The molecule has 1 aliphatic heterocycles. The van der Waals surface area contributed by atoms with Crippen LogP contribution in [0.1, 0.15) is 36.7 Å². The van der Waals surface area contributed by atoms with Crippen LogP contribution in [0.25, 0.3) is 5.57 Å². The summed E-state index contributed by atoms with van der Waals surface area (Å²) in [5, 5.41) is 5.70. The molecule has 8 nitrogen and oxygen atoms in total. The SMILES string of the molecule is CCOC(=O)c1cccc(NC=C2C(=O)Nc3ccc(S(=O)(=O)NC(C)C)cc32)c1. The van der Waals surface area contributed by atoms with Crippen molar-refractivity contribution in [2.75, 3.05) is 17.2 Å². The van der Waals surface area contributed by atoms with Crippen LogP contribution in [0.4, 0.5) is 11.4 Å². The van der Waals surface area contributed by atoms with E-state index >= 15 is 0 Å². The lowest BCUT2D eigenvalue weighted by Gasteiger charge is -2.10. The van der Waals surface area contributed by atoms with Crippen molar-refractivity contribution < 1.29 is 22.7 Å². The second-order valence-corrected chi connectivity index (χ2v) is 8.66. The number of fused-ring (bicyclic) bond motifs is 1. The number of sulfonamides is 1. The van der Waals surface area contributed by atoms with Gasteiger partial charge >= 0.3 is 5.97 Å². The third kappa shape index (κ3) is 4.69. The Morgan fingerprint density at radius 3 is 2.67 bits per heavy atom. The number of carbonyl (C=O) groups is 2. The summed E-state index contributed by atoms with van der Waals surface area (Å²) in [6.45, 7) is 5.46. The largest absolute Gasteiger partial charge is 0.462 e. The number of rotatable bonds is 7. The lowest BCUT2D eigenvalue weighted by atomic mass is 10.1. The van der Waals surface area contributed by atoms with Crippen molar-refractivity contribution in [3.05, 3.63) is 59.8 Å². The standard InChI is InChI=1S/C21H23N3O5S/c1-4-29-21(26)14-6-5-7-15(10-14)22-12-18-17-11-16(30(27,28)24-13(2)3)8-9-19(17)23-20(18)25/h5-13,22,24H,4H2,1-3H3,(H,23,25). The van der Waals surface area contributed by atoms with Gasteiger partial charge in [-0.1, -0.05) is 6.07 Å². The summed E-state index contributed by atoms with van der Waals surface area (Å²) in [5.41, 5.74) is 2.25. The number of ether oxygens (including phenoxy) is 1. The minimum absolute atomic E-state index is 0.0710. The van der Waals surface area contributed by atoms with Crippen molar-refractivity contribution in [1.82, 2.24) is 4.72 Å². The minimum atomic E-state index is -3.70. The first-order valence-corrected chi connectivity index (χ1v) is 10.9. The van der Waals surface area contributed by atoms with Crippen LogP contribution >= 0.6 is 0 Å². The highest BCUT2D eigenvalue weighted by Gasteiger charge is 2.27. The summed E-state index contributed by atoms with van der Waals surface area (Å²) in [4.78, 5) is 24.4. The van der Waals surface area contributed by atoms with Gasteiger partial charge in [-0.15, -0.1) is 0 Å². The quantitative estimate of drug-likeness (QED) is 0.461. The molecule has 3 rings (SSSR count). The van der Waals surface area contributed by atoms with Crippen LogP contribution in [0.15, 0.2) is 53.6 Å². The smallest absolute Gasteiger partial charge is 0.338 e. The monoisotopic (exact) mass is 429 g/mol. The fourth-order valence-electron chi connectivity index (χ4n) is 2.96. The molecule has 0 saturated carbocycles. The van der Waals surface area contributed by atoms with Crippen LogP contribution in [0.2, 0.25) is 0 Å². The first-order chi connectivity index (χ1) is 14.2. The maximum absolute atomic E-state index is 12.5. The highest BCUT2D eigenvalue weighted by Crippen LogP contribution is 2.33. The topological polar surface area (TPSA) is 114 Å². The Morgan fingerprint density at radius 2 is 1.97 bits per heavy atom. The zero-order valence-electron chi connectivity index (χ0n) is 16.9. The van der Waals surface area contributed by atoms with E-state index in [1.807, 2.05) is 0 Å². The molecule has 1 aliphatic rings. The fourth-order valence-corrected chi connectivity index (χ4v) is 4.24. The number of nitrogens with one attached hydrogen (secondary N) is 3. The summed E-state index contributed by atoms with van der Waals surface area (Å²) in [6, 6.07) is 10.9. The highest BCUT2D eigenvalue weighted by atomic mass is 32.2. The summed E-state index contributed by atoms with van der Waals surface area (Å²) in [6.07, 6.45) is 1.48. The Bertz CT molecular complexity index is 1120. The molecule has 0 unspecified atom stereocenters. The van der Waals surface area contributed by atoms with E-state index in [-0.39, 0.29) is 29.0 Å². The molecule has 0 spiro atoms. The Morgan fingerprint density at radius 1 is 1.20 bits per heavy atom. The zero-order chi connectivity index (χ0) is 21.9. The van der Waals surface area contributed by atoms with E-state index in [4.69, 9.17) is 4.74 Å². The Balaban J connectivity index is 1.89. The molecule has 30 heavy (non-hydrogen) atoms. The second kappa shape index (κ2) is 8.68. The molecule has 0 aromatic heterocycles. The molecule has 1 amide bonds. The van der Waals surface area contributed by atoms with E-state index < -0.39 is 16.0 Å². The van der Waals surface area contributed by atoms with Crippen LogP contribution in [-0.4, -0.2) is 32.9 Å². The van der Waals surface area contributed by atoms with Crippen LogP contribution in [-0.2, 0) is 19.6 Å². The molecular formula is C21H23N3O5S. The normalized spacial score (nSPS) is 14.5. The molecule has 2 aromatic rings. The molecule has 0 atom stereocenters. The molecule has 0 aliphatic carbocycles. The van der Waals surface area contributed by atoms with E-state index in [9.17, 15) is 18.0 Å². The molecule has 0 radical (unpaired) electrons. The maximum atomic E-state index is 12.5. The summed E-state index contributed by atoms with van der Waals surface area (Å²) in [5.74, 6) is -0.796. The van der Waals surface area contributed by atoms with Gasteiger partial charge in [-0.3, -0.25) is 4.79 Å². The van der Waals surface area contributed by atoms with Gasteiger partial charge in [0.25, 0.3) is 5.91 Å². The Hall–Kier alpha value is -3.17. The zero-order valence-corrected chi connectivity index (χ0v) is 17.7. The number of hydrogen-bond donors (Lipinski definition) is 3. The molecule has 0 bridgehead atoms. The average Bonchev–Trinajstić information content (AvgIpc) is 3.00. The molecule has 0 fully saturated rings.